The summed E-state index contributed by atoms with van der Waals surface area (Å²) in [6.45, 7) is 2.05. The molecule has 0 saturated carbocycles. The molecule has 0 aromatic heterocycles. The van der Waals surface area contributed by atoms with Gasteiger partial charge in [-0.1, -0.05) is 109 Å². The minimum absolute atomic E-state index is 0.102. The number of carbonyl (C=O) groups excluding carboxylic acids is 4. The standard InChI is InChI=1S/C44H41N2O7P/c1-4-15-40(49)53-44(54(35-18-8-5-9-19-35,36-20-10-6-11-21-36)37-22-12-7-13-23-37)46-38(41(30(2)47)43(46)51)29-39(48)31-16-14-17-32(28-31)42(50)45-33-24-26-34(52-3)27-25-33/h4-14,16-28,30,38,41,47H,1,15,29H2,2-3H3,(H,45,50). The van der Waals surface area contributed by atoms with E-state index in [4.69, 9.17) is 9.47 Å². The number of ketones is 1. The van der Waals surface area contributed by atoms with Gasteiger partial charge in [-0.25, -0.2) is 0 Å². The van der Waals surface area contributed by atoms with Gasteiger partial charge in [-0.15, -0.1) is 6.58 Å². The summed E-state index contributed by atoms with van der Waals surface area (Å²) in [5.41, 5.74) is 1.17. The van der Waals surface area contributed by atoms with E-state index in [2.05, 4.69) is 11.9 Å². The van der Waals surface area contributed by atoms with E-state index >= 15 is 0 Å². The molecule has 1 fully saturated rings. The van der Waals surface area contributed by atoms with Gasteiger partial charge in [0.2, 0.25) is 11.5 Å². The Balaban J connectivity index is 1.48. The number of esters is 1. The minimum atomic E-state index is -3.18. The van der Waals surface area contributed by atoms with E-state index in [0.717, 1.165) is 15.9 Å². The van der Waals surface area contributed by atoms with Crippen LogP contribution in [0.1, 0.15) is 40.5 Å². The molecule has 0 bridgehead atoms. The number of methoxy groups -OCH3 is 1. The predicted molar refractivity (Wildman–Crippen MR) is 213 cm³/mol. The molecule has 1 aliphatic heterocycles. The van der Waals surface area contributed by atoms with Gasteiger partial charge in [0.05, 0.1) is 31.6 Å². The molecule has 2 N–H and O–H groups in total. The third-order valence-corrected chi connectivity index (χ3v) is 13.5. The van der Waals surface area contributed by atoms with E-state index in [-0.39, 0.29) is 35.4 Å². The summed E-state index contributed by atoms with van der Waals surface area (Å²) >= 11 is 0. The van der Waals surface area contributed by atoms with Crippen LogP contribution in [0, 0.1) is 5.92 Å². The summed E-state index contributed by atoms with van der Waals surface area (Å²) in [4.78, 5) is 56.8. The van der Waals surface area contributed by atoms with Crippen LogP contribution in [-0.4, -0.2) is 58.4 Å². The van der Waals surface area contributed by atoms with E-state index in [1.807, 2.05) is 91.0 Å². The molecule has 1 heterocycles. The Morgan fingerprint density at radius 2 is 1.35 bits per heavy atom. The largest absolute Gasteiger partial charge is 0.497 e. The Hall–Kier alpha value is -6.02. The zero-order valence-corrected chi connectivity index (χ0v) is 30.9. The molecule has 1 aliphatic rings. The maximum Gasteiger partial charge on any atom is 0.316 e. The second-order valence-electron chi connectivity index (χ2n) is 12.9. The summed E-state index contributed by atoms with van der Waals surface area (Å²) in [5, 5.41) is 16.3. The van der Waals surface area contributed by atoms with E-state index in [0.29, 0.717) is 11.4 Å². The number of amides is 2. The van der Waals surface area contributed by atoms with Crippen molar-refractivity contribution < 1.29 is 33.8 Å². The lowest BCUT2D eigenvalue weighted by Crippen LogP contribution is -2.67. The average Bonchev–Trinajstić information content (AvgIpc) is 3.19. The number of ether oxygens (including phenoxy) is 2. The van der Waals surface area contributed by atoms with Crippen molar-refractivity contribution in [3.63, 3.8) is 0 Å². The minimum Gasteiger partial charge on any atom is -0.497 e. The fourth-order valence-electron chi connectivity index (χ4n) is 6.84. The van der Waals surface area contributed by atoms with Gasteiger partial charge in [-0.05, 0) is 59.2 Å². The molecule has 0 spiro atoms. The number of β-lactam (4-membered cyclic amide) rings is 1. The highest BCUT2D eigenvalue weighted by Gasteiger charge is 2.55. The van der Waals surface area contributed by atoms with Crippen LogP contribution >= 0.6 is 6.89 Å². The molecule has 54 heavy (non-hydrogen) atoms. The summed E-state index contributed by atoms with van der Waals surface area (Å²) in [7, 11) is 1.56. The summed E-state index contributed by atoms with van der Waals surface area (Å²) in [5.74, 6) is -2.18. The monoisotopic (exact) mass is 740 g/mol. The Morgan fingerprint density at radius 3 is 1.85 bits per heavy atom. The molecule has 0 radical (unpaired) electrons. The van der Waals surface area contributed by atoms with Crippen molar-refractivity contribution >= 4 is 57.7 Å². The third kappa shape index (κ3) is 7.55. The van der Waals surface area contributed by atoms with Crippen LogP contribution in [0.5, 0.6) is 5.75 Å². The molecule has 1 saturated heterocycles. The number of hydrogen-bond acceptors (Lipinski definition) is 7. The number of Topliss-reactive ketones (excluding diaryl/α,β-unsaturated/α-hetero) is 1. The molecule has 3 atom stereocenters. The molecule has 5 aromatic carbocycles. The summed E-state index contributed by atoms with van der Waals surface area (Å²) in [6.07, 6.45) is -0.0240. The highest BCUT2D eigenvalue weighted by Crippen LogP contribution is 2.50. The van der Waals surface area contributed by atoms with Gasteiger partial charge in [-0.2, -0.15) is 0 Å². The van der Waals surface area contributed by atoms with E-state index < -0.39 is 42.7 Å². The number of likely N-dealkylation sites (tertiary alicyclic amines) is 1. The Bertz CT molecular complexity index is 2100. The van der Waals surface area contributed by atoms with Crippen molar-refractivity contribution in [1.82, 2.24) is 4.90 Å². The van der Waals surface area contributed by atoms with Gasteiger partial charge >= 0.3 is 5.97 Å². The maximum atomic E-state index is 14.4. The van der Waals surface area contributed by atoms with Crippen LogP contribution in [0.25, 0.3) is 0 Å². The molecule has 3 unspecified atom stereocenters. The number of aliphatic hydroxyl groups excluding tert-OH is 1. The fourth-order valence-corrected chi connectivity index (χ4v) is 11.1. The van der Waals surface area contributed by atoms with Gasteiger partial charge in [0.1, 0.15) is 5.75 Å². The molecular formula is C44H41N2O7P. The number of benzene rings is 5. The molecule has 6 rings (SSSR count). The fraction of sp³-hybridized carbons (Fsp3) is 0.159. The van der Waals surface area contributed by atoms with Crippen molar-refractivity contribution in [2.75, 3.05) is 12.4 Å². The first-order chi connectivity index (χ1) is 26.2. The summed E-state index contributed by atoms with van der Waals surface area (Å²) in [6, 6.07) is 41.1. The highest BCUT2D eigenvalue weighted by molar-refractivity contribution is 7.95. The van der Waals surface area contributed by atoms with Crippen molar-refractivity contribution in [2.24, 2.45) is 5.92 Å². The SMILES string of the molecule is C=CCC(=O)OC(N1C(=O)C(C(C)O)C1CC(=O)c1cccc(C(=O)Nc2ccc(OC)cc2)c1)=P(c1ccccc1)(c1ccccc1)c1ccccc1. The smallest absolute Gasteiger partial charge is 0.316 e. The van der Waals surface area contributed by atoms with Crippen molar-refractivity contribution in [1.29, 1.82) is 0 Å². The Kier molecular flexibility index (Phi) is 11.7. The van der Waals surface area contributed by atoms with E-state index in [1.54, 1.807) is 49.6 Å². The molecule has 5 aromatic rings. The molecular weight excluding hydrogens is 699 g/mol. The number of nitrogens with one attached hydrogen (secondary N) is 1. The average molecular weight is 741 g/mol. The third-order valence-electron chi connectivity index (χ3n) is 9.42. The number of carbonyl (C=O) groups is 4. The zero-order chi connectivity index (χ0) is 38.2. The van der Waals surface area contributed by atoms with Crippen LogP contribution in [0.15, 0.2) is 152 Å². The molecule has 0 aliphatic carbocycles. The first-order valence-corrected chi connectivity index (χ1v) is 19.3. The van der Waals surface area contributed by atoms with Crippen molar-refractivity contribution in [2.45, 2.75) is 31.9 Å². The highest BCUT2D eigenvalue weighted by atomic mass is 31.2. The normalized spacial score (nSPS) is 15.7. The van der Waals surface area contributed by atoms with E-state index in [9.17, 15) is 24.3 Å². The molecule has 10 heteroatoms. The van der Waals surface area contributed by atoms with Crippen LogP contribution < -0.4 is 26.0 Å². The van der Waals surface area contributed by atoms with Crippen molar-refractivity contribution in [3.8, 4) is 5.75 Å². The zero-order valence-electron chi connectivity index (χ0n) is 30.0. The van der Waals surface area contributed by atoms with Gasteiger partial charge in [0, 0.05) is 30.1 Å². The summed E-state index contributed by atoms with van der Waals surface area (Å²) < 4.78 is 11.6. The van der Waals surface area contributed by atoms with Gasteiger partial charge < -0.3 is 19.9 Å². The Labute approximate surface area is 314 Å². The predicted octanol–water partition coefficient (Wildman–Crippen LogP) is 5.93. The molecule has 9 nitrogen and oxygen atoms in total. The second-order valence-corrected chi connectivity index (χ2v) is 16.1. The van der Waals surface area contributed by atoms with Crippen LogP contribution in [0.4, 0.5) is 5.69 Å². The number of anilines is 1. The van der Waals surface area contributed by atoms with Gasteiger partial charge in [-0.3, -0.25) is 24.1 Å². The lowest BCUT2D eigenvalue weighted by molar-refractivity contribution is -0.157. The first-order valence-electron chi connectivity index (χ1n) is 17.5. The van der Waals surface area contributed by atoms with Gasteiger partial charge in [0.15, 0.2) is 5.78 Å². The lowest BCUT2D eigenvalue weighted by atomic mass is 9.80. The number of aliphatic hydroxyl groups is 1. The first kappa shape index (κ1) is 37.7. The maximum absolute atomic E-state index is 14.4. The second kappa shape index (κ2) is 16.8. The number of nitrogens with zero attached hydrogens (tertiary/aromatic N) is 1. The quantitative estimate of drug-likeness (QED) is 0.0476. The van der Waals surface area contributed by atoms with Crippen LogP contribution in [0.2, 0.25) is 0 Å². The number of rotatable bonds is 14. The van der Waals surface area contributed by atoms with Crippen molar-refractivity contribution in [3.05, 3.63) is 163 Å². The van der Waals surface area contributed by atoms with Gasteiger partial charge in [0.25, 0.3) is 5.91 Å². The van der Waals surface area contributed by atoms with Crippen LogP contribution in [-0.2, 0) is 14.3 Å². The van der Waals surface area contributed by atoms with E-state index in [1.165, 1.54) is 24.0 Å². The lowest BCUT2D eigenvalue weighted by Gasteiger charge is -2.50. The molecule has 2 amide bonds. The Morgan fingerprint density at radius 1 is 0.815 bits per heavy atom. The molecule has 274 valence electrons. The topological polar surface area (TPSA) is 122 Å². The van der Waals surface area contributed by atoms with Crippen LogP contribution in [0.3, 0.4) is 0 Å². The number of hydrogen-bond donors (Lipinski definition) is 2.